The zero-order chi connectivity index (χ0) is 21.1. The maximum Gasteiger partial charge on any atom is 0.472 e. The first kappa shape index (κ1) is 24.9. The number of aliphatic hydroxyl groups excluding tert-OH is 3. The summed E-state index contributed by atoms with van der Waals surface area (Å²) in [5.41, 5.74) is 0. The second kappa shape index (κ2) is 10.1. The van der Waals surface area contributed by atoms with Crippen LogP contribution in [0.4, 0.5) is 0 Å². The van der Waals surface area contributed by atoms with E-state index in [1.807, 2.05) is 0 Å². The molecule has 2 heterocycles. The second-order valence-electron chi connectivity index (χ2n) is 7.30. The minimum Gasteiger partial charge on any atom is -0.388 e. The SMILES string of the molecule is CC1O[C@H](OP(=O)(O)O)C(O)C(O)[C@@H]1O.CO[C@H]1OC(C)[C@@H](C)C(C)C1C. The summed E-state index contributed by atoms with van der Waals surface area (Å²) >= 11 is 0. The first-order valence-electron chi connectivity index (χ1n) is 8.92. The van der Waals surface area contributed by atoms with Crippen molar-refractivity contribution in [2.75, 3.05) is 7.11 Å². The lowest BCUT2D eigenvalue weighted by Crippen LogP contribution is -2.57. The van der Waals surface area contributed by atoms with Gasteiger partial charge in [0.25, 0.3) is 0 Å². The van der Waals surface area contributed by atoms with Crippen LogP contribution in [0.2, 0.25) is 0 Å². The molecule has 0 amide bonds. The number of phosphoric ester groups is 1. The Kier molecular flexibility index (Phi) is 9.29. The highest BCUT2D eigenvalue weighted by molar-refractivity contribution is 7.46. The average Bonchev–Trinajstić information content (AvgIpc) is 2.58. The van der Waals surface area contributed by atoms with Crippen LogP contribution in [0.25, 0.3) is 0 Å². The Hall–Kier alpha value is -0.130. The van der Waals surface area contributed by atoms with E-state index in [4.69, 9.17) is 24.0 Å². The quantitative estimate of drug-likeness (QED) is 0.403. The van der Waals surface area contributed by atoms with Crippen LogP contribution in [0, 0.1) is 17.8 Å². The molecule has 162 valence electrons. The minimum atomic E-state index is -4.82. The number of ether oxygens (including phenoxy) is 3. The molecule has 11 heteroatoms. The van der Waals surface area contributed by atoms with Gasteiger partial charge in [0.2, 0.25) is 0 Å². The lowest BCUT2D eigenvalue weighted by atomic mass is 9.79. The van der Waals surface area contributed by atoms with Gasteiger partial charge in [-0.05, 0) is 25.7 Å². The fourth-order valence-electron chi connectivity index (χ4n) is 3.12. The van der Waals surface area contributed by atoms with Crippen molar-refractivity contribution in [2.24, 2.45) is 17.8 Å². The van der Waals surface area contributed by atoms with Crippen LogP contribution in [-0.2, 0) is 23.3 Å². The molecule has 0 radical (unpaired) electrons. The predicted molar refractivity (Wildman–Crippen MR) is 94.3 cm³/mol. The van der Waals surface area contributed by atoms with Crippen molar-refractivity contribution in [3.8, 4) is 0 Å². The van der Waals surface area contributed by atoms with E-state index in [2.05, 4.69) is 32.2 Å². The molecule has 2 rings (SSSR count). The van der Waals surface area contributed by atoms with Gasteiger partial charge in [-0.3, -0.25) is 4.52 Å². The summed E-state index contributed by atoms with van der Waals surface area (Å²) in [7, 11) is -3.10. The Bertz CT molecular complexity index is 495. The highest BCUT2D eigenvalue weighted by Crippen LogP contribution is 2.40. The predicted octanol–water partition coefficient (Wildman–Crippen LogP) is 0.209. The van der Waals surface area contributed by atoms with Gasteiger partial charge in [0.05, 0.1) is 12.2 Å². The van der Waals surface area contributed by atoms with Gasteiger partial charge in [0.1, 0.15) is 18.3 Å². The van der Waals surface area contributed by atoms with E-state index in [1.54, 1.807) is 7.11 Å². The monoisotopic (exact) mass is 416 g/mol. The molecule has 10 nitrogen and oxygen atoms in total. The van der Waals surface area contributed by atoms with Gasteiger partial charge in [-0.15, -0.1) is 0 Å². The molecule has 0 aromatic carbocycles. The van der Waals surface area contributed by atoms with Gasteiger partial charge in [-0.2, -0.15) is 0 Å². The molecular formula is C16H33O10P. The van der Waals surface area contributed by atoms with Crippen molar-refractivity contribution in [3.63, 3.8) is 0 Å². The van der Waals surface area contributed by atoms with Crippen LogP contribution in [0.15, 0.2) is 0 Å². The number of methoxy groups -OCH3 is 1. The third-order valence-electron chi connectivity index (χ3n) is 5.46. The Morgan fingerprint density at radius 3 is 1.74 bits per heavy atom. The van der Waals surface area contributed by atoms with Crippen molar-refractivity contribution < 1.29 is 48.4 Å². The molecule has 0 saturated carbocycles. The van der Waals surface area contributed by atoms with Gasteiger partial charge in [0.15, 0.2) is 12.6 Å². The topological polar surface area (TPSA) is 155 Å². The zero-order valence-electron chi connectivity index (χ0n) is 16.5. The zero-order valence-corrected chi connectivity index (χ0v) is 17.4. The fraction of sp³-hybridized carbons (Fsp3) is 1.00. The molecule has 2 saturated heterocycles. The molecule has 2 fully saturated rings. The van der Waals surface area contributed by atoms with Gasteiger partial charge < -0.3 is 39.3 Å². The maximum atomic E-state index is 10.5. The molecular weight excluding hydrogens is 383 g/mol. The van der Waals surface area contributed by atoms with Crippen molar-refractivity contribution >= 4 is 7.82 Å². The van der Waals surface area contributed by atoms with Crippen LogP contribution in [0.1, 0.15) is 34.6 Å². The molecule has 2 aliphatic heterocycles. The van der Waals surface area contributed by atoms with Crippen molar-refractivity contribution in [3.05, 3.63) is 0 Å². The van der Waals surface area contributed by atoms with Crippen LogP contribution < -0.4 is 0 Å². The van der Waals surface area contributed by atoms with Crippen molar-refractivity contribution in [2.45, 2.75) is 77.7 Å². The summed E-state index contributed by atoms with van der Waals surface area (Å²) in [4.78, 5) is 17.0. The molecule has 6 unspecified atom stereocenters. The molecule has 0 bridgehead atoms. The Labute approximate surface area is 159 Å². The van der Waals surface area contributed by atoms with Crippen LogP contribution in [0.5, 0.6) is 0 Å². The molecule has 0 spiro atoms. The molecule has 0 aliphatic carbocycles. The number of aliphatic hydroxyl groups is 3. The molecule has 0 aromatic heterocycles. The Morgan fingerprint density at radius 1 is 0.741 bits per heavy atom. The fourth-order valence-corrected chi connectivity index (χ4v) is 3.56. The molecule has 27 heavy (non-hydrogen) atoms. The van der Waals surface area contributed by atoms with Crippen molar-refractivity contribution in [1.29, 1.82) is 0 Å². The summed E-state index contributed by atoms with van der Waals surface area (Å²) in [5.74, 6) is 1.81. The first-order valence-corrected chi connectivity index (χ1v) is 10.4. The van der Waals surface area contributed by atoms with E-state index in [9.17, 15) is 19.9 Å². The molecule has 10 atom stereocenters. The molecule has 0 aromatic rings. The van der Waals surface area contributed by atoms with Crippen LogP contribution >= 0.6 is 7.82 Å². The van der Waals surface area contributed by atoms with Gasteiger partial charge >= 0.3 is 7.82 Å². The number of rotatable bonds is 3. The second-order valence-corrected chi connectivity index (χ2v) is 8.49. The summed E-state index contributed by atoms with van der Waals surface area (Å²) in [6.45, 7) is 10.2. The summed E-state index contributed by atoms with van der Waals surface area (Å²) in [5, 5.41) is 27.8. The lowest BCUT2D eigenvalue weighted by molar-refractivity contribution is -0.271. The smallest absolute Gasteiger partial charge is 0.388 e. The van der Waals surface area contributed by atoms with E-state index >= 15 is 0 Å². The highest BCUT2D eigenvalue weighted by Gasteiger charge is 2.44. The maximum absolute atomic E-state index is 10.5. The summed E-state index contributed by atoms with van der Waals surface area (Å²) < 4.78 is 30.3. The lowest BCUT2D eigenvalue weighted by Gasteiger charge is -2.41. The first-order chi connectivity index (χ1) is 12.3. The highest BCUT2D eigenvalue weighted by atomic mass is 31.2. The van der Waals surface area contributed by atoms with Gasteiger partial charge in [-0.25, -0.2) is 4.57 Å². The average molecular weight is 416 g/mol. The third kappa shape index (κ3) is 6.71. The van der Waals surface area contributed by atoms with Crippen LogP contribution in [-0.4, -0.2) is 75.3 Å². The standard InChI is InChI=1S/C10H20O2.C6H13O8P/c1-6-7(2)9(4)12-10(11-5)8(6)3;1-2-3(7)4(8)5(9)6(13-2)14-15(10,11)12/h6-10H,1-5H3;2-9H,1H3,(H2,10,11,12)/t6?,7-,8?,9?,10-;2?,3-,4?,5?,6-/m01/s1. The summed E-state index contributed by atoms with van der Waals surface area (Å²) in [6, 6.07) is 0. The van der Waals surface area contributed by atoms with Gasteiger partial charge in [-0.1, -0.05) is 20.8 Å². The van der Waals surface area contributed by atoms with E-state index in [-0.39, 0.29) is 6.29 Å². The minimum absolute atomic E-state index is 0.00815. The van der Waals surface area contributed by atoms with Crippen molar-refractivity contribution in [1.82, 2.24) is 0 Å². The van der Waals surface area contributed by atoms with Gasteiger partial charge in [0, 0.05) is 13.0 Å². The van der Waals surface area contributed by atoms with Crippen LogP contribution in [0.3, 0.4) is 0 Å². The molecule has 2 aliphatic rings. The normalized spacial score (nSPS) is 45.7. The number of hydrogen-bond acceptors (Lipinski definition) is 8. The largest absolute Gasteiger partial charge is 0.472 e. The Balaban J connectivity index is 0.000000277. The number of phosphoric acid groups is 1. The molecule has 5 N–H and O–H groups in total. The third-order valence-corrected chi connectivity index (χ3v) is 5.94. The van der Waals surface area contributed by atoms with E-state index < -0.39 is 38.5 Å². The number of hydrogen-bond donors (Lipinski definition) is 5. The van der Waals surface area contributed by atoms with E-state index in [0.29, 0.717) is 23.9 Å². The van der Waals surface area contributed by atoms with E-state index in [0.717, 1.165) is 0 Å². The summed E-state index contributed by atoms with van der Waals surface area (Å²) in [6.07, 6.45) is -6.89. The Morgan fingerprint density at radius 2 is 1.26 bits per heavy atom. The van der Waals surface area contributed by atoms with E-state index in [1.165, 1.54) is 6.92 Å².